The van der Waals surface area contributed by atoms with Crippen molar-refractivity contribution in [3.63, 3.8) is 0 Å². The van der Waals surface area contributed by atoms with Gasteiger partial charge in [0.1, 0.15) is 0 Å². The number of nitrogens with zero attached hydrogens (tertiary/aromatic N) is 2. The number of nitrogens with one attached hydrogen (secondary N) is 2. The average molecular weight is 368 g/mol. The molecule has 1 aromatic carbocycles. The third-order valence-electron chi connectivity index (χ3n) is 4.23. The van der Waals surface area contributed by atoms with Crippen LogP contribution < -0.4 is 10.9 Å². The molecule has 1 amide bonds. The summed E-state index contributed by atoms with van der Waals surface area (Å²) >= 11 is 0. The van der Waals surface area contributed by atoms with Gasteiger partial charge in [0.2, 0.25) is 11.8 Å². The van der Waals surface area contributed by atoms with Gasteiger partial charge in [0.25, 0.3) is 5.56 Å². The number of aromatic amines is 1. The molecule has 0 radical (unpaired) electrons. The molecule has 0 fully saturated rings. The Hall–Kier alpha value is -2.96. The average Bonchev–Trinajstić information content (AvgIpc) is 3.09. The Kier molecular flexibility index (Phi) is 5.39. The first kappa shape index (κ1) is 18.8. The smallest absolute Gasteiger partial charge is 0.251 e. The maximum Gasteiger partial charge on any atom is 0.251 e. The number of pyridine rings is 1. The van der Waals surface area contributed by atoms with Crippen LogP contribution in [0.2, 0.25) is 0 Å². The number of benzene rings is 1. The quantitative estimate of drug-likeness (QED) is 0.696. The van der Waals surface area contributed by atoms with E-state index in [1.165, 1.54) is 0 Å². The van der Waals surface area contributed by atoms with Gasteiger partial charge in [-0.05, 0) is 23.9 Å². The molecule has 2 N–H and O–H groups in total. The largest absolute Gasteiger partial charge is 0.356 e. The Bertz CT molecular complexity index is 998. The van der Waals surface area contributed by atoms with Gasteiger partial charge in [-0.3, -0.25) is 9.59 Å². The van der Waals surface area contributed by atoms with Crippen molar-refractivity contribution in [3.05, 3.63) is 58.0 Å². The third kappa shape index (κ3) is 4.81. The van der Waals surface area contributed by atoms with E-state index in [0.717, 1.165) is 10.9 Å². The van der Waals surface area contributed by atoms with E-state index in [1.807, 2.05) is 51.1 Å². The van der Waals surface area contributed by atoms with Crippen molar-refractivity contribution in [3.8, 4) is 0 Å². The summed E-state index contributed by atoms with van der Waals surface area (Å²) in [4.78, 5) is 31.4. The van der Waals surface area contributed by atoms with E-state index in [1.54, 1.807) is 0 Å². The number of hydrogen-bond acceptors (Lipinski definition) is 5. The van der Waals surface area contributed by atoms with E-state index >= 15 is 0 Å². The summed E-state index contributed by atoms with van der Waals surface area (Å²) in [7, 11) is 0. The summed E-state index contributed by atoms with van der Waals surface area (Å²) in [5.74, 6) is 1.05. The maximum absolute atomic E-state index is 12.1. The van der Waals surface area contributed by atoms with Crippen LogP contribution >= 0.6 is 0 Å². The molecule has 7 heteroatoms. The number of aromatic nitrogens is 3. The second kappa shape index (κ2) is 7.73. The van der Waals surface area contributed by atoms with Gasteiger partial charge >= 0.3 is 0 Å². The highest BCUT2D eigenvalue weighted by molar-refractivity contribution is 5.79. The molecule has 7 nitrogen and oxygen atoms in total. The Morgan fingerprint density at radius 1 is 1.22 bits per heavy atom. The highest BCUT2D eigenvalue weighted by Gasteiger charge is 2.21. The Balaban J connectivity index is 1.49. The molecule has 0 bridgehead atoms. The van der Waals surface area contributed by atoms with Crippen molar-refractivity contribution < 1.29 is 9.32 Å². The van der Waals surface area contributed by atoms with E-state index in [0.29, 0.717) is 36.7 Å². The predicted molar refractivity (Wildman–Crippen MR) is 103 cm³/mol. The number of para-hydroxylation sites is 1. The maximum atomic E-state index is 12.1. The topological polar surface area (TPSA) is 101 Å². The predicted octanol–water partition coefficient (Wildman–Crippen LogP) is 2.50. The normalized spacial score (nSPS) is 11.7. The van der Waals surface area contributed by atoms with E-state index in [9.17, 15) is 9.59 Å². The summed E-state index contributed by atoms with van der Waals surface area (Å²) in [6.07, 6.45) is 1.14. The van der Waals surface area contributed by atoms with Gasteiger partial charge in [-0.1, -0.05) is 44.1 Å². The standard InChI is InChI=1S/C20H24N4O3/c1-20(2,3)19-23-16(24-27-19)10-11-21-17(25)9-8-14-12-13-6-4-5-7-15(13)22-18(14)26/h4-7,12H,8-11H2,1-3H3,(H,21,25)(H,22,26). The van der Waals surface area contributed by atoms with Gasteiger partial charge in [0.15, 0.2) is 5.82 Å². The molecule has 2 heterocycles. The van der Waals surface area contributed by atoms with Gasteiger partial charge in [-0.2, -0.15) is 4.98 Å². The van der Waals surface area contributed by atoms with Crippen LogP contribution in [0.5, 0.6) is 0 Å². The minimum atomic E-state index is -0.193. The van der Waals surface area contributed by atoms with Crippen LogP contribution in [0.15, 0.2) is 39.6 Å². The fourth-order valence-corrected chi connectivity index (χ4v) is 2.69. The van der Waals surface area contributed by atoms with Crippen LogP contribution in [-0.4, -0.2) is 27.6 Å². The number of rotatable bonds is 6. The lowest BCUT2D eigenvalue weighted by molar-refractivity contribution is -0.121. The van der Waals surface area contributed by atoms with Gasteiger partial charge in [0, 0.05) is 35.9 Å². The first-order valence-corrected chi connectivity index (χ1v) is 9.03. The highest BCUT2D eigenvalue weighted by Crippen LogP contribution is 2.19. The first-order chi connectivity index (χ1) is 12.8. The lowest BCUT2D eigenvalue weighted by Gasteiger charge is -2.10. The van der Waals surface area contributed by atoms with Gasteiger partial charge in [-0.25, -0.2) is 0 Å². The van der Waals surface area contributed by atoms with E-state index in [-0.39, 0.29) is 23.3 Å². The van der Waals surface area contributed by atoms with E-state index in [4.69, 9.17) is 4.52 Å². The summed E-state index contributed by atoms with van der Waals surface area (Å²) in [6, 6.07) is 9.43. The molecule has 2 aromatic heterocycles. The molecule has 0 aliphatic carbocycles. The zero-order chi connectivity index (χ0) is 19.4. The number of aryl methyl sites for hydroxylation is 1. The van der Waals surface area contributed by atoms with Crippen LogP contribution in [0.25, 0.3) is 10.9 Å². The third-order valence-corrected chi connectivity index (χ3v) is 4.23. The SMILES string of the molecule is CC(C)(C)c1nc(CCNC(=O)CCc2cc3ccccc3[nH]c2=O)no1. The molecule has 3 aromatic rings. The minimum Gasteiger partial charge on any atom is -0.356 e. The fraction of sp³-hybridized carbons (Fsp3) is 0.400. The number of carbonyl (C=O) groups excluding carboxylic acids is 1. The Morgan fingerprint density at radius 3 is 2.74 bits per heavy atom. The van der Waals surface area contributed by atoms with E-state index < -0.39 is 0 Å². The van der Waals surface area contributed by atoms with E-state index in [2.05, 4.69) is 20.4 Å². The Morgan fingerprint density at radius 2 is 2.00 bits per heavy atom. The first-order valence-electron chi connectivity index (χ1n) is 9.03. The van der Waals surface area contributed by atoms with Crippen molar-refractivity contribution >= 4 is 16.8 Å². The second-order valence-electron chi connectivity index (χ2n) is 7.58. The minimum absolute atomic E-state index is 0.109. The summed E-state index contributed by atoms with van der Waals surface area (Å²) in [6.45, 7) is 6.43. The van der Waals surface area contributed by atoms with Gasteiger partial charge in [-0.15, -0.1) is 0 Å². The number of hydrogen-bond donors (Lipinski definition) is 2. The summed E-state index contributed by atoms with van der Waals surface area (Å²) < 4.78 is 5.23. The molecule has 27 heavy (non-hydrogen) atoms. The van der Waals surface area contributed by atoms with Gasteiger partial charge in [0.05, 0.1) is 0 Å². The molecular weight excluding hydrogens is 344 g/mol. The van der Waals surface area contributed by atoms with Gasteiger partial charge < -0.3 is 14.8 Å². The van der Waals surface area contributed by atoms with Crippen molar-refractivity contribution in [2.24, 2.45) is 0 Å². The van der Waals surface area contributed by atoms with Crippen molar-refractivity contribution in [2.45, 2.75) is 45.4 Å². The highest BCUT2D eigenvalue weighted by atomic mass is 16.5. The van der Waals surface area contributed by atoms with Crippen LogP contribution in [0.3, 0.4) is 0 Å². The van der Waals surface area contributed by atoms with Crippen LogP contribution in [0, 0.1) is 0 Å². The summed E-state index contributed by atoms with van der Waals surface area (Å²) in [5.41, 5.74) is 1.06. The van der Waals surface area contributed by atoms with Crippen LogP contribution in [0.1, 0.15) is 44.5 Å². The number of H-pyrrole nitrogens is 1. The second-order valence-corrected chi connectivity index (χ2v) is 7.58. The van der Waals surface area contributed by atoms with Crippen LogP contribution in [0.4, 0.5) is 0 Å². The molecule has 0 aliphatic heterocycles. The number of amides is 1. The number of fused-ring (bicyclic) bond motifs is 1. The molecule has 0 aliphatic rings. The zero-order valence-corrected chi connectivity index (χ0v) is 15.8. The molecule has 0 atom stereocenters. The molecule has 0 spiro atoms. The molecule has 0 unspecified atom stereocenters. The zero-order valence-electron chi connectivity index (χ0n) is 15.8. The fourth-order valence-electron chi connectivity index (χ4n) is 2.69. The molecule has 0 saturated carbocycles. The Labute approximate surface area is 157 Å². The molecule has 3 rings (SSSR count). The molecule has 142 valence electrons. The lowest BCUT2D eigenvalue weighted by Crippen LogP contribution is -2.27. The molecule has 0 saturated heterocycles. The monoisotopic (exact) mass is 368 g/mol. The lowest BCUT2D eigenvalue weighted by atomic mass is 9.97. The van der Waals surface area contributed by atoms with Crippen molar-refractivity contribution in [1.29, 1.82) is 0 Å². The number of carbonyl (C=O) groups is 1. The van der Waals surface area contributed by atoms with Crippen molar-refractivity contribution in [1.82, 2.24) is 20.4 Å². The van der Waals surface area contributed by atoms with Crippen LogP contribution in [-0.2, 0) is 23.1 Å². The molecular formula is C20H24N4O3. The van der Waals surface area contributed by atoms with Crippen molar-refractivity contribution in [2.75, 3.05) is 6.54 Å². The summed E-state index contributed by atoms with van der Waals surface area (Å²) in [5, 5.41) is 7.72.